The minimum absolute atomic E-state index is 0.0731. The van der Waals surface area contributed by atoms with Crippen molar-refractivity contribution >= 4 is 11.8 Å². The van der Waals surface area contributed by atoms with Gasteiger partial charge in [-0.1, -0.05) is 6.92 Å². The van der Waals surface area contributed by atoms with Crippen molar-refractivity contribution in [3.05, 3.63) is 0 Å². The van der Waals surface area contributed by atoms with Crippen LogP contribution in [-0.2, 0) is 9.59 Å². The molecule has 0 bridgehead atoms. The average Bonchev–Trinajstić information content (AvgIpc) is 2.09. The van der Waals surface area contributed by atoms with E-state index in [0.29, 0.717) is 6.42 Å². The van der Waals surface area contributed by atoms with Crippen LogP contribution in [0.1, 0.15) is 26.7 Å². The molecular weight excluding hydrogens is 144 g/mol. The summed E-state index contributed by atoms with van der Waals surface area (Å²) in [7, 11) is 0. The second-order valence-corrected chi connectivity index (χ2v) is 3.61. The second kappa shape index (κ2) is 2.32. The van der Waals surface area contributed by atoms with E-state index in [1.807, 2.05) is 0 Å². The molecule has 0 aliphatic heterocycles. The normalized spacial score (nSPS) is 37.6. The fourth-order valence-corrected chi connectivity index (χ4v) is 1.58. The first kappa shape index (κ1) is 8.24. The molecule has 0 amide bonds. The molecule has 0 aromatic heterocycles. The Morgan fingerprint density at radius 3 is 2.45 bits per heavy atom. The fraction of sp³-hybridized carbons (Fsp3) is 0.750. The molecule has 1 aliphatic carbocycles. The van der Waals surface area contributed by atoms with Gasteiger partial charge < -0.3 is 5.11 Å². The van der Waals surface area contributed by atoms with Gasteiger partial charge in [-0.25, -0.2) is 0 Å². The molecule has 0 aromatic rings. The molecule has 3 nitrogen and oxygen atoms in total. The Morgan fingerprint density at radius 1 is 1.73 bits per heavy atom. The molecule has 1 fully saturated rings. The molecule has 0 radical (unpaired) electrons. The molecule has 2 atom stereocenters. The van der Waals surface area contributed by atoms with E-state index in [0.717, 1.165) is 0 Å². The van der Waals surface area contributed by atoms with Gasteiger partial charge in [0.05, 0.1) is 5.41 Å². The number of carbonyl (C=O) groups excluding carboxylic acids is 1. The zero-order chi connectivity index (χ0) is 8.65. The van der Waals surface area contributed by atoms with Gasteiger partial charge >= 0.3 is 5.97 Å². The molecule has 0 saturated heterocycles. The zero-order valence-electron chi connectivity index (χ0n) is 6.76. The maximum absolute atomic E-state index is 11.0. The number of rotatable bonds is 1. The van der Waals surface area contributed by atoms with E-state index >= 15 is 0 Å². The highest BCUT2D eigenvalue weighted by Gasteiger charge is 2.44. The SMILES string of the molecule is C[C@@H]1C[C@@](C)(C(=O)O)CC1=O. The number of aliphatic carboxylic acids is 1. The summed E-state index contributed by atoms with van der Waals surface area (Å²) in [5.41, 5.74) is -0.795. The molecule has 62 valence electrons. The Bertz CT molecular complexity index is 207. The van der Waals surface area contributed by atoms with Crippen molar-refractivity contribution in [2.75, 3.05) is 0 Å². The van der Waals surface area contributed by atoms with Crippen LogP contribution in [0.3, 0.4) is 0 Å². The summed E-state index contributed by atoms with van der Waals surface area (Å²) in [5, 5.41) is 8.76. The molecule has 3 heteroatoms. The lowest BCUT2D eigenvalue weighted by molar-refractivity contribution is -0.148. The lowest BCUT2D eigenvalue weighted by Gasteiger charge is -2.15. The van der Waals surface area contributed by atoms with Gasteiger partial charge in [-0.3, -0.25) is 9.59 Å². The smallest absolute Gasteiger partial charge is 0.309 e. The van der Waals surface area contributed by atoms with Crippen molar-refractivity contribution in [2.24, 2.45) is 11.3 Å². The van der Waals surface area contributed by atoms with Crippen LogP contribution in [0.2, 0.25) is 0 Å². The van der Waals surface area contributed by atoms with Crippen LogP contribution in [0, 0.1) is 11.3 Å². The van der Waals surface area contributed by atoms with Gasteiger partial charge in [0.15, 0.2) is 0 Å². The highest BCUT2D eigenvalue weighted by atomic mass is 16.4. The van der Waals surface area contributed by atoms with E-state index < -0.39 is 11.4 Å². The minimum Gasteiger partial charge on any atom is -0.481 e. The fourth-order valence-electron chi connectivity index (χ4n) is 1.58. The van der Waals surface area contributed by atoms with E-state index in [1.165, 1.54) is 0 Å². The standard InChI is InChI=1S/C8H12O3/c1-5-3-8(2,7(10)11)4-6(5)9/h5H,3-4H2,1-2H3,(H,10,11)/t5-,8-/m1/s1. The lowest BCUT2D eigenvalue weighted by atomic mass is 9.88. The van der Waals surface area contributed by atoms with E-state index in [9.17, 15) is 9.59 Å². The highest BCUT2D eigenvalue weighted by molar-refractivity contribution is 5.91. The van der Waals surface area contributed by atoms with Crippen LogP contribution in [0.15, 0.2) is 0 Å². The van der Waals surface area contributed by atoms with E-state index in [1.54, 1.807) is 13.8 Å². The summed E-state index contributed by atoms with van der Waals surface area (Å²) in [6.07, 6.45) is 0.685. The van der Waals surface area contributed by atoms with Crippen molar-refractivity contribution in [3.8, 4) is 0 Å². The first-order valence-corrected chi connectivity index (χ1v) is 3.72. The predicted molar refractivity (Wildman–Crippen MR) is 39.1 cm³/mol. The van der Waals surface area contributed by atoms with Gasteiger partial charge in [0.1, 0.15) is 5.78 Å². The minimum atomic E-state index is -0.852. The Kier molecular flexibility index (Phi) is 1.74. The lowest BCUT2D eigenvalue weighted by Crippen LogP contribution is -2.24. The number of Topliss-reactive ketones (excluding diaryl/α,β-unsaturated/α-hetero) is 1. The summed E-state index contributed by atoms with van der Waals surface area (Å²) in [6, 6.07) is 0. The van der Waals surface area contributed by atoms with Gasteiger partial charge in [0.25, 0.3) is 0 Å². The topological polar surface area (TPSA) is 54.4 Å². The number of carboxylic acids is 1. The Balaban J connectivity index is 2.79. The summed E-state index contributed by atoms with van der Waals surface area (Å²) in [5.74, 6) is -0.846. The Labute approximate surface area is 65.4 Å². The third-order valence-corrected chi connectivity index (χ3v) is 2.39. The van der Waals surface area contributed by atoms with Crippen LogP contribution < -0.4 is 0 Å². The Morgan fingerprint density at radius 2 is 2.27 bits per heavy atom. The molecule has 1 saturated carbocycles. The summed E-state index contributed by atoms with van der Waals surface area (Å²) in [6.45, 7) is 3.42. The maximum atomic E-state index is 11.0. The number of hydrogen-bond donors (Lipinski definition) is 1. The molecule has 0 aromatic carbocycles. The van der Waals surface area contributed by atoms with Crippen LogP contribution >= 0.6 is 0 Å². The number of carboxylic acid groups (broad SMARTS) is 1. The van der Waals surface area contributed by atoms with Gasteiger partial charge in [0, 0.05) is 12.3 Å². The van der Waals surface area contributed by atoms with E-state index in [4.69, 9.17) is 5.11 Å². The quantitative estimate of drug-likeness (QED) is 0.618. The van der Waals surface area contributed by atoms with Gasteiger partial charge in [-0.15, -0.1) is 0 Å². The van der Waals surface area contributed by atoms with Gasteiger partial charge in [-0.05, 0) is 13.3 Å². The van der Waals surface area contributed by atoms with Crippen LogP contribution in [0.25, 0.3) is 0 Å². The van der Waals surface area contributed by atoms with Crippen molar-refractivity contribution in [1.82, 2.24) is 0 Å². The van der Waals surface area contributed by atoms with Crippen LogP contribution in [0.4, 0.5) is 0 Å². The first-order valence-electron chi connectivity index (χ1n) is 3.72. The van der Waals surface area contributed by atoms with Crippen LogP contribution in [0.5, 0.6) is 0 Å². The summed E-state index contributed by atoms with van der Waals surface area (Å²) >= 11 is 0. The average molecular weight is 156 g/mol. The number of carbonyl (C=O) groups is 2. The van der Waals surface area contributed by atoms with E-state index in [-0.39, 0.29) is 18.1 Å². The van der Waals surface area contributed by atoms with Gasteiger partial charge in [-0.2, -0.15) is 0 Å². The number of hydrogen-bond acceptors (Lipinski definition) is 2. The molecule has 11 heavy (non-hydrogen) atoms. The highest BCUT2D eigenvalue weighted by Crippen LogP contribution is 2.38. The molecule has 1 rings (SSSR count). The second-order valence-electron chi connectivity index (χ2n) is 3.61. The molecule has 0 heterocycles. The molecular formula is C8H12O3. The van der Waals surface area contributed by atoms with Crippen molar-refractivity contribution in [2.45, 2.75) is 26.7 Å². The van der Waals surface area contributed by atoms with Crippen molar-refractivity contribution < 1.29 is 14.7 Å². The Hall–Kier alpha value is -0.860. The molecule has 0 unspecified atom stereocenters. The maximum Gasteiger partial charge on any atom is 0.309 e. The summed E-state index contributed by atoms with van der Waals surface area (Å²) in [4.78, 5) is 21.7. The third kappa shape index (κ3) is 1.27. The molecule has 0 spiro atoms. The van der Waals surface area contributed by atoms with Crippen LogP contribution in [-0.4, -0.2) is 16.9 Å². The zero-order valence-corrected chi connectivity index (χ0v) is 6.76. The third-order valence-electron chi connectivity index (χ3n) is 2.39. The molecule has 1 aliphatic rings. The van der Waals surface area contributed by atoms with Gasteiger partial charge in [0.2, 0.25) is 0 Å². The predicted octanol–water partition coefficient (Wildman–Crippen LogP) is 1.08. The van der Waals surface area contributed by atoms with Crippen molar-refractivity contribution in [1.29, 1.82) is 0 Å². The van der Waals surface area contributed by atoms with E-state index in [2.05, 4.69) is 0 Å². The monoisotopic (exact) mass is 156 g/mol. The first-order chi connectivity index (χ1) is 4.96. The summed E-state index contributed by atoms with van der Waals surface area (Å²) < 4.78 is 0. The molecule has 1 N–H and O–H groups in total. The van der Waals surface area contributed by atoms with Crippen molar-refractivity contribution in [3.63, 3.8) is 0 Å². The largest absolute Gasteiger partial charge is 0.481 e. The number of ketones is 1.